The minimum atomic E-state index is -0.363. The highest BCUT2D eigenvalue weighted by Gasteiger charge is 2.19. The van der Waals surface area contributed by atoms with E-state index in [1.807, 2.05) is 42.5 Å². The summed E-state index contributed by atoms with van der Waals surface area (Å²) in [6.45, 7) is 0.953. The van der Waals surface area contributed by atoms with Crippen molar-refractivity contribution in [3.63, 3.8) is 0 Å². The van der Waals surface area contributed by atoms with Crippen molar-refractivity contribution >= 4 is 6.09 Å². The molecule has 1 aliphatic heterocycles. The van der Waals surface area contributed by atoms with Gasteiger partial charge >= 0.3 is 6.09 Å². The summed E-state index contributed by atoms with van der Waals surface area (Å²) in [6.07, 6.45) is -0.363. The molecule has 1 fully saturated rings. The van der Waals surface area contributed by atoms with Gasteiger partial charge < -0.3 is 4.74 Å². The molecule has 0 aliphatic carbocycles. The summed E-state index contributed by atoms with van der Waals surface area (Å²) in [5.41, 5.74) is 3.20. The molecule has 0 bridgehead atoms. The molecule has 3 rings (SSSR count). The van der Waals surface area contributed by atoms with E-state index in [1.165, 1.54) is 10.5 Å². The van der Waals surface area contributed by atoms with Crippen LogP contribution in [0.15, 0.2) is 54.6 Å². The van der Waals surface area contributed by atoms with Crippen LogP contribution in [0.3, 0.4) is 0 Å². The van der Waals surface area contributed by atoms with Crippen molar-refractivity contribution in [3.8, 4) is 23.1 Å². The predicted molar refractivity (Wildman–Crippen MR) is 76.8 cm³/mol. The van der Waals surface area contributed by atoms with E-state index in [0.717, 1.165) is 11.1 Å². The molecule has 98 valence electrons. The molecule has 0 unspecified atom stereocenters. The molecule has 1 aliphatic rings. The quantitative estimate of drug-likeness (QED) is 0.740. The van der Waals surface area contributed by atoms with E-state index in [9.17, 15) is 4.79 Å². The van der Waals surface area contributed by atoms with Gasteiger partial charge in [-0.3, -0.25) is 0 Å². The van der Waals surface area contributed by atoms with Crippen LogP contribution in [-0.4, -0.2) is 24.1 Å². The number of carbonyl (C=O) groups excluding carboxylic acids is 1. The van der Waals surface area contributed by atoms with Gasteiger partial charge in [-0.05, 0) is 29.2 Å². The van der Waals surface area contributed by atoms with Gasteiger partial charge in [0.25, 0.3) is 0 Å². The Morgan fingerprint density at radius 1 is 0.950 bits per heavy atom. The van der Waals surface area contributed by atoms with Crippen molar-refractivity contribution in [1.29, 1.82) is 0 Å². The second-order valence-electron chi connectivity index (χ2n) is 4.45. The topological polar surface area (TPSA) is 29.5 Å². The summed E-state index contributed by atoms with van der Waals surface area (Å²) in [4.78, 5) is 12.6. The first-order valence-electron chi connectivity index (χ1n) is 6.44. The van der Waals surface area contributed by atoms with Crippen LogP contribution in [0.25, 0.3) is 11.1 Å². The molecule has 0 spiro atoms. The Hall–Kier alpha value is -2.73. The molecule has 0 radical (unpaired) electrons. The minimum absolute atomic E-state index is 0.363. The molecule has 1 amide bonds. The molecule has 3 heteroatoms. The summed E-state index contributed by atoms with van der Waals surface area (Å²) in [5, 5.41) is 0. The van der Waals surface area contributed by atoms with E-state index in [1.54, 1.807) is 0 Å². The molecular formula is C17H13NO2. The molecule has 0 saturated carbocycles. The van der Waals surface area contributed by atoms with E-state index < -0.39 is 0 Å². The largest absolute Gasteiger partial charge is 0.447 e. The molecule has 0 aromatic heterocycles. The molecule has 3 nitrogen and oxygen atoms in total. The van der Waals surface area contributed by atoms with Gasteiger partial charge in [-0.1, -0.05) is 42.5 Å². The number of amides is 1. The lowest BCUT2D eigenvalue weighted by molar-refractivity contribution is 0.167. The molecule has 20 heavy (non-hydrogen) atoms. The Bertz CT molecular complexity index is 666. The fourth-order valence-corrected chi connectivity index (χ4v) is 2.00. The fourth-order valence-electron chi connectivity index (χ4n) is 2.00. The Morgan fingerprint density at radius 2 is 1.65 bits per heavy atom. The van der Waals surface area contributed by atoms with Crippen LogP contribution in [0.1, 0.15) is 5.56 Å². The third-order valence-electron chi connectivity index (χ3n) is 3.09. The van der Waals surface area contributed by atoms with Crippen molar-refractivity contribution < 1.29 is 9.53 Å². The van der Waals surface area contributed by atoms with Crippen LogP contribution in [0, 0.1) is 12.0 Å². The molecule has 2 aromatic carbocycles. The monoisotopic (exact) mass is 263 g/mol. The average molecular weight is 263 g/mol. The van der Waals surface area contributed by atoms with Crippen molar-refractivity contribution in [1.82, 2.24) is 4.90 Å². The summed E-state index contributed by atoms with van der Waals surface area (Å²) in [6, 6.07) is 21.0. The number of ether oxygens (including phenoxy) is 1. The van der Waals surface area contributed by atoms with Gasteiger partial charge in [0.15, 0.2) is 0 Å². The van der Waals surface area contributed by atoms with Crippen LogP contribution in [0.5, 0.6) is 0 Å². The number of nitrogens with zero attached hydrogens (tertiary/aromatic N) is 1. The van der Waals surface area contributed by atoms with Gasteiger partial charge in [-0.2, -0.15) is 0 Å². The van der Waals surface area contributed by atoms with Crippen molar-refractivity contribution in [2.75, 3.05) is 13.2 Å². The van der Waals surface area contributed by atoms with E-state index in [0.29, 0.717) is 13.2 Å². The zero-order valence-electron chi connectivity index (χ0n) is 10.9. The lowest BCUT2D eigenvalue weighted by Gasteiger charge is -2.02. The van der Waals surface area contributed by atoms with E-state index in [-0.39, 0.29) is 6.09 Å². The molecule has 1 saturated heterocycles. The normalized spacial score (nSPS) is 13.6. The van der Waals surface area contributed by atoms with Crippen molar-refractivity contribution in [3.05, 3.63) is 60.2 Å². The maximum absolute atomic E-state index is 11.2. The Balaban J connectivity index is 1.77. The Kier molecular flexibility index (Phi) is 3.38. The van der Waals surface area contributed by atoms with Crippen LogP contribution in [-0.2, 0) is 4.74 Å². The van der Waals surface area contributed by atoms with Crippen LogP contribution < -0.4 is 0 Å². The summed E-state index contributed by atoms with van der Waals surface area (Å²) < 4.78 is 4.82. The minimum Gasteiger partial charge on any atom is -0.447 e. The average Bonchev–Trinajstić information content (AvgIpc) is 2.92. The van der Waals surface area contributed by atoms with Crippen LogP contribution in [0.4, 0.5) is 4.79 Å². The summed E-state index contributed by atoms with van der Waals surface area (Å²) >= 11 is 0. The lowest BCUT2D eigenvalue weighted by Crippen LogP contribution is -2.17. The highest BCUT2D eigenvalue weighted by Crippen LogP contribution is 2.18. The van der Waals surface area contributed by atoms with Gasteiger partial charge in [-0.15, -0.1) is 0 Å². The number of carbonyl (C=O) groups is 1. The van der Waals surface area contributed by atoms with E-state index in [2.05, 4.69) is 24.1 Å². The van der Waals surface area contributed by atoms with Gasteiger partial charge in [0.2, 0.25) is 0 Å². The smallest absolute Gasteiger partial charge is 0.421 e. The standard InChI is InChI=1S/C17H13NO2/c19-17-18(12-13-20-17)11-10-14-6-8-16(9-7-14)15-4-2-1-3-5-15/h1-9H,12-13H2. The lowest BCUT2D eigenvalue weighted by atomic mass is 10.0. The van der Waals surface area contributed by atoms with Crippen molar-refractivity contribution in [2.45, 2.75) is 0 Å². The maximum atomic E-state index is 11.2. The predicted octanol–water partition coefficient (Wildman–Crippen LogP) is 3.11. The third-order valence-corrected chi connectivity index (χ3v) is 3.09. The summed E-state index contributed by atoms with van der Waals surface area (Å²) in [5.74, 6) is 2.97. The molecule has 0 atom stereocenters. The van der Waals surface area contributed by atoms with Crippen LogP contribution >= 0.6 is 0 Å². The Morgan fingerprint density at radius 3 is 2.30 bits per heavy atom. The first-order valence-corrected chi connectivity index (χ1v) is 6.44. The molecule has 2 aromatic rings. The fraction of sp³-hybridized carbons (Fsp3) is 0.118. The molecule has 0 N–H and O–H groups in total. The Labute approximate surface area is 117 Å². The zero-order valence-corrected chi connectivity index (χ0v) is 10.9. The SMILES string of the molecule is O=C1OCCN1C#Cc1ccc(-c2ccccc2)cc1. The maximum Gasteiger partial charge on any atom is 0.421 e. The molecular weight excluding hydrogens is 250 g/mol. The van der Waals surface area contributed by atoms with Gasteiger partial charge in [0.1, 0.15) is 6.61 Å². The number of rotatable bonds is 1. The van der Waals surface area contributed by atoms with Crippen LogP contribution in [0.2, 0.25) is 0 Å². The van der Waals surface area contributed by atoms with Gasteiger partial charge in [-0.25, -0.2) is 9.69 Å². The zero-order chi connectivity index (χ0) is 13.8. The van der Waals surface area contributed by atoms with Gasteiger partial charge in [0, 0.05) is 11.6 Å². The van der Waals surface area contributed by atoms with Gasteiger partial charge in [0.05, 0.1) is 6.54 Å². The third kappa shape index (κ3) is 2.65. The van der Waals surface area contributed by atoms with E-state index in [4.69, 9.17) is 4.74 Å². The highest BCUT2D eigenvalue weighted by atomic mass is 16.6. The first kappa shape index (κ1) is 12.3. The number of benzene rings is 2. The first-order chi connectivity index (χ1) is 9.83. The highest BCUT2D eigenvalue weighted by molar-refractivity contribution is 5.72. The van der Waals surface area contributed by atoms with E-state index >= 15 is 0 Å². The second-order valence-corrected chi connectivity index (χ2v) is 4.45. The number of hydrogen-bond acceptors (Lipinski definition) is 2. The molecule has 1 heterocycles. The summed E-state index contributed by atoms with van der Waals surface area (Å²) in [7, 11) is 0. The number of hydrogen-bond donors (Lipinski definition) is 0. The number of cyclic esters (lactones) is 1. The second kappa shape index (κ2) is 5.50. The van der Waals surface area contributed by atoms with Crippen molar-refractivity contribution in [2.24, 2.45) is 0 Å².